The van der Waals surface area contributed by atoms with Crippen molar-refractivity contribution in [2.45, 2.75) is 38.1 Å². The van der Waals surface area contributed by atoms with E-state index in [9.17, 15) is 4.79 Å². The van der Waals surface area contributed by atoms with E-state index in [1.807, 2.05) is 7.05 Å². The summed E-state index contributed by atoms with van der Waals surface area (Å²) in [5, 5.41) is 6.85. The molecule has 6 nitrogen and oxygen atoms in total. The summed E-state index contributed by atoms with van der Waals surface area (Å²) >= 11 is 0. The molecule has 122 valence electrons. The van der Waals surface area contributed by atoms with Crippen LogP contribution in [-0.2, 0) is 4.79 Å². The molecule has 21 heavy (non-hydrogen) atoms. The molecule has 2 fully saturated rings. The van der Waals surface area contributed by atoms with Crippen LogP contribution in [0.2, 0.25) is 0 Å². The van der Waals surface area contributed by atoms with Gasteiger partial charge in [-0.2, -0.15) is 0 Å². The van der Waals surface area contributed by atoms with Crippen molar-refractivity contribution in [2.24, 2.45) is 16.6 Å². The van der Waals surface area contributed by atoms with Crippen LogP contribution >= 0.6 is 24.0 Å². The molecule has 0 unspecified atom stereocenters. The van der Waals surface area contributed by atoms with Crippen LogP contribution in [0.1, 0.15) is 32.1 Å². The number of halogens is 1. The van der Waals surface area contributed by atoms with Crippen LogP contribution in [0, 0.1) is 5.92 Å². The second-order valence-corrected chi connectivity index (χ2v) is 5.89. The lowest BCUT2D eigenvalue weighted by Gasteiger charge is -2.32. The van der Waals surface area contributed by atoms with Gasteiger partial charge in [0.2, 0.25) is 5.91 Å². The van der Waals surface area contributed by atoms with Crippen molar-refractivity contribution in [1.82, 2.24) is 15.5 Å². The lowest BCUT2D eigenvalue weighted by molar-refractivity contribution is -0.119. The number of nitrogens with two attached hydrogens (primary N) is 1. The SMILES string of the molecule is CN=C(NCCC1CC1)NC1CCN(CC(N)=O)CC1.I. The van der Waals surface area contributed by atoms with Gasteiger partial charge in [-0.05, 0) is 25.2 Å². The van der Waals surface area contributed by atoms with Gasteiger partial charge in [0, 0.05) is 32.7 Å². The Morgan fingerprint density at radius 2 is 1.95 bits per heavy atom. The molecule has 0 atom stereocenters. The molecule has 1 saturated heterocycles. The molecule has 1 saturated carbocycles. The molecule has 4 N–H and O–H groups in total. The predicted molar refractivity (Wildman–Crippen MR) is 95.9 cm³/mol. The minimum Gasteiger partial charge on any atom is -0.369 e. The van der Waals surface area contributed by atoms with Crippen LogP contribution < -0.4 is 16.4 Å². The molecule has 2 rings (SSSR count). The maximum Gasteiger partial charge on any atom is 0.231 e. The lowest BCUT2D eigenvalue weighted by atomic mass is 10.1. The summed E-state index contributed by atoms with van der Waals surface area (Å²) in [7, 11) is 1.81. The molecule has 0 radical (unpaired) electrons. The summed E-state index contributed by atoms with van der Waals surface area (Å²) in [6, 6.07) is 0.436. The van der Waals surface area contributed by atoms with E-state index >= 15 is 0 Å². The van der Waals surface area contributed by atoms with Crippen molar-refractivity contribution in [3.8, 4) is 0 Å². The van der Waals surface area contributed by atoms with Crippen LogP contribution in [0.3, 0.4) is 0 Å². The van der Waals surface area contributed by atoms with Gasteiger partial charge in [0.15, 0.2) is 5.96 Å². The molecule has 2 aliphatic rings. The van der Waals surface area contributed by atoms with E-state index in [1.54, 1.807) is 0 Å². The fourth-order valence-corrected chi connectivity index (χ4v) is 2.65. The Morgan fingerprint density at radius 3 is 2.48 bits per heavy atom. The number of likely N-dealkylation sites (tertiary alicyclic amines) is 1. The topological polar surface area (TPSA) is 82.8 Å². The first kappa shape index (κ1) is 18.5. The molecular weight excluding hydrogens is 381 g/mol. The second kappa shape index (κ2) is 9.45. The third-order valence-electron chi connectivity index (χ3n) is 4.07. The Bertz CT molecular complexity index is 351. The molecule has 1 aliphatic carbocycles. The van der Waals surface area contributed by atoms with Crippen molar-refractivity contribution >= 4 is 35.8 Å². The summed E-state index contributed by atoms with van der Waals surface area (Å²) in [4.78, 5) is 17.3. The number of aliphatic imine (C=N–C) groups is 1. The molecule has 1 amide bonds. The summed E-state index contributed by atoms with van der Waals surface area (Å²) < 4.78 is 0. The van der Waals surface area contributed by atoms with Gasteiger partial charge in [0.1, 0.15) is 0 Å². The average Bonchev–Trinajstić information content (AvgIpc) is 3.23. The number of nitrogens with one attached hydrogen (secondary N) is 2. The molecule has 0 aromatic carbocycles. The van der Waals surface area contributed by atoms with Crippen molar-refractivity contribution in [2.75, 3.05) is 33.2 Å². The van der Waals surface area contributed by atoms with E-state index < -0.39 is 0 Å². The minimum absolute atomic E-state index is 0. The van der Waals surface area contributed by atoms with E-state index in [0.717, 1.165) is 44.4 Å². The standard InChI is InChI=1S/C14H27N5O.HI/c1-16-14(17-7-4-11-2-3-11)18-12-5-8-19(9-6-12)10-13(15)20;/h11-12H,2-10H2,1H3,(H2,15,20)(H2,16,17,18);1H. The normalized spacial score (nSPS) is 20.7. The molecule has 1 aliphatic heterocycles. The maximum absolute atomic E-state index is 10.9. The largest absolute Gasteiger partial charge is 0.369 e. The minimum atomic E-state index is -0.242. The van der Waals surface area contributed by atoms with Crippen LogP contribution in [0.25, 0.3) is 0 Å². The zero-order chi connectivity index (χ0) is 14.4. The first-order valence-electron chi connectivity index (χ1n) is 7.65. The molecule has 0 aromatic rings. The Labute approximate surface area is 144 Å². The van der Waals surface area contributed by atoms with E-state index in [1.165, 1.54) is 19.3 Å². The van der Waals surface area contributed by atoms with Gasteiger partial charge in [0.05, 0.1) is 6.54 Å². The Balaban J connectivity index is 0.00000220. The number of carbonyl (C=O) groups excluding carboxylic acids is 1. The number of guanidine groups is 1. The van der Waals surface area contributed by atoms with Gasteiger partial charge in [0.25, 0.3) is 0 Å². The summed E-state index contributed by atoms with van der Waals surface area (Å²) in [6.07, 6.45) is 6.09. The average molecular weight is 409 g/mol. The van der Waals surface area contributed by atoms with Crippen molar-refractivity contribution in [1.29, 1.82) is 0 Å². The Morgan fingerprint density at radius 1 is 1.29 bits per heavy atom. The van der Waals surface area contributed by atoms with E-state index in [4.69, 9.17) is 5.73 Å². The number of hydrogen-bond acceptors (Lipinski definition) is 3. The van der Waals surface area contributed by atoms with Crippen LogP contribution in [0.4, 0.5) is 0 Å². The highest BCUT2D eigenvalue weighted by molar-refractivity contribution is 14.0. The quantitative estimate of drug-likeness (QED) is 0.340. The van der Waals surface area contributed by atoms with Crippen LogP contribution in [0.15, 0.2) is 4.99 Å². The third-order valence-corrected chi connectivity index (χ3v) is 4.07. The zero-order valence-electron chi connectivity index (χ0n) is 12.8. The fourth-order valence-electron chi connectivity index (χ4n) is 2.65. The number of primary amides is 1. The van der Waals surface area contributed by atoms with Gasteiger partial charge >= 0.3 is 0 Å². The Hall–Kier alpha value is -0.570. The van der Waals surface area contributed by atoms with E-state index in [-0.39, 0.29) is 29.9 Å². The highest BCUT2D eigenvalue weighted by atomic mass is 127. The van der Waals surface area contributed by atoms with Gasteiger partial charge in [-0.25, -0.2) is 0 Å². The molecule has 0 spiro atoms. The Kier molecular flexibility index (Phi) is 8.31. The molecule has 0 bridgehead atoms. The predicted octanol–water partition coefficient (Wildman–Crippen LogP) is 0.519. The highest BCUT2D eigenvalue weighted by Gasteiger charge is 2.22. The van der Waals surface area contributed by atoms with Gasteiger partial charge < -0.3 is 16.4 Å². The van der Waals surface area contributed by atoms with Gasteiger partial charge in [-0.3, -0.25) is 14.7 Å². The zero-order valence-corrected chi connectivity index (χ0v) is 15.1. The monoisotopic (exact) mass is 409 g/mol. The summed E-state index contributed by atoms with van der Waals surface area (Å²) in [6.45, 7) is 3.21. The van der Waals surface area contributed by atoms with Crippen molar-refractivity contribution in [3.05, 3.63) is 0 Å². The summed E-state index contributed by atoms with van der Waals surface area (Å²) in [5.41, 5.74) is 5.22. The first-order valence-corrected chi connectivity index (χ1v) is 7.65. The highest BCUT2D eigenvalue weighted by Crippen LogP contribution is 2.31. The number of amides is 1. The maximum atomic E-state index is 10.9. The molecule has 0 aromatic heterocycles. The third kappa shape index (κ3) is 7.30. The van der Waals surface area contributed by atoms with Crippen LogP contribution in [0.5, 0.6) is 0 Å². The lowest BCUT2D eigenvalue weighted by Crippen LogP contribution is -2.49. The molecular formula is C14H28IN5O. The fraction of sp³-hybridized carbons (Fsp3) is 0.857. The number of rotatable bonds is 6. The molecule has 7 heteroatoms. The molecule has 1 heterocycles. The van der Waals surface area contributed by atoms with Crippen molar-refractivity contribution < 1.29 is 4.79 Å². The number of carbonyl (C=O) groups is 1. The van der Waals surface area contributed by atoms with E-state index in [0.29, 0.717) is 12.6 Å². The number of hydrogen-bond donors (Lipinski definition) is 3. The summed E-state index contributed by atoms with van der Waals surface area (Å²) in [5.74, 6) is 1.60. The van der Waals surface area contributed by atoms with Crippen LogP contribution in [-0.4, -0.2) is 56.0 Å². The first-order chi connectivity index (χ1) is 9.67. The van der Waals surface area contributed by atoms with Gasteiger partial charge in [-0.15, -0.1) is 24.0 Å². The second-order valence-electron chi connectivity index (χ2n) is 5.89. The number of nitrogens with zero attached hydrogens (tertiary/aromatic N) is 2. The smallest absolute Gasteiger partial charge is 0.231 e. The van der Waals surface area contributed by atoms with Crippen molar-refractivity contribution in [3.63, 3.8) is 0 Å². The number of piperidine rings is 1. The van der Waals surface area contributed by atoms with E-state index in [2.05, 4.69) is 20.5 Å². The van der Waals surface area contributed by atoms with Gasteiger partial charge in [-0.1, -0.05) is 12.8 Å².